The molecule has 0 spiro atoms. The second-order valence-electron chi connectivity index (χ2n) is 4.08. The highest BCUT2D eigenvalue weighted by molar-refractivity contribution is 5.43. The molecule has 3 N–H and O–H groups in total. The van der Waals surface area contributed by atoms with Gasteiger partial charge in [0.15, 0.2) is 0 Å². The summed E-state index contributed by atoms with van der Waals surface area (Å²) in [5.41, 5.74) is 7.55. The van der Waals surface area contributed by atoms with E-state index in [0.29, 0.717) is 18.2 Å². The number of phenolic OH excluding ortho intramolecular Hbond substituents is 1. The fraction of sp³-hybridized carbons (Fsp3) is 0.500. The smallest absolute Gasteiger partial charge is 0.122 e. The Morgan fingerprint density at radius 1 is 1.21 bits per heavy atom. The molecule has 0 fully saturated rings. The van der Waals surface area contributed by atoms with E-state index in [-0.39, 0.29) is 5.92 Å². The molecule has 2 nitrogen and oxygen atoms in total. The highest BCUT2D eigenvalue weighted by Crippen LogP contribution is 2.32. The van der Waals surface area contributed by atoms with Gasteiger partial charge >= 0.3 is 0 Å². The molecule has 0 bridgehead atoms. The number of benzene rings is 1. The van der Waals surface area contributed by atoms with Crippen LogP contribution in [0.1, 0.15) is 43.7 Å². The van der Waals surface area contributed by atoms with Crippen LogP contribution in [0.5, 0.6) is 5.75 Å². The Labute approximate surface area is 85.8 Å². The molecule has 0 aliphatic carbocycles. The lowest BCUT2D eigenvalue weighted by Gasteiger charge is -2.15. The molecule has 1 rings (SSSR count). The summed E-state index contributed by atoms with van der Waals surface area (Å²) in [6.45, 7) is 6.74. The number of hydrogen-bond donors (Lipinski definition) is 2. The first-order valence-electron chi connectivity index (χ1n) is 5.09. The third-order valence-corrected chi connectivity index (χ3v) is 2.60. The molecule has 78 valence electrons. The summed E-state index contributed by atoms with van der Waals surface area (Å²) < 4.78 is 0. The van der Waals surface area contributed by atoms with Crippen molar-refractivity contribution >= 4 is 0 Å². The van der Waals surface area contributed by atoms with Crippen LogP contribution in [0.3, 0.4) is 0 Å². The van der Waals surface area contributed by atoms with Crippen molar-refractivity contribution in [3.63, 3.8) is 0 Å². The molecule has 0 aromatic heterocycles. The van der Waals surface area contributed by atoms with Crippen molar-refractivity contribution in [3.8, 4) is 5.75 Å². The summed E-state index contributed by atoms with van der Waals surface area (Å²) in [5, 5.41) is 10.0. The van der Waals surface area contributed by atoms with Crippen molar-refractivity contribution in [3.05, 3.63) is 29.3 Å². The predicted molar refractivity (Wildman–Crippen MR) is 59.7 cm³/mol. The molecular weight excluding hydrogens is 174 g/mol. The fourth-order valence-electron chi connectivity index (χ4n) is 1.57. The molecule has 0 radical (unpaired) electrons. The Balaban J connectivity index is 3.13. The maximum absolute atomic E-state index is 10.0. The van der Waals surface area contributed by atoms with E-state index in [1.165, 1.54) is 0 Å². The average molecular weight is 193 g/mol. The second-order valence-corrected chi connectivity index (χ2v) is 4.08. The molecule has 0 heterocycles. The van der Waals surface area contributed by atoms with Crippen LogP contribution in [-0.2, 0) is 0 Å². The van der Waals surface area contributed by atoms with Crippen molar-refractivity contribution in [2.24, 2.45) is 5.73 Å². The van der Waals surface area contributed by atoms with E-state index in [1.807, 2.05) is 25.1 Å². The molecule has 0 saturated heterocycles. The zero-order valence-corrected chi connectivity index (χ0v) is 9.12. The van der Waals surface area contributed by atoms with E-state index in [1.54, 1.807) is 0 Å². The number of nitrogens with two attached hydrogens (primary N) is 1. The highest BCUT2D eigenvalue weighted by Gasteiger charge is 2.13. The van der Waals surface area contributed by atoms with E-state index in [9.17, 15) is 5.11 Å². The Morgan fingerprint density at radius 2 is 1.79 bits per heavy atom. The monoisotopic (exact) mass is 193 g/mol. The van der Waals surface area contributed by atoms with Gasteiger partial charge in [0.25, 0.3) is 0 Å². The first kappa shape index (κ1) is 11.1. The van der Waals surface area contributed by atoms with Gasteiger partial charge in [-0.2, -0.15) is 0 Å². The average Bonchev–Trinajstić information content (AvgIpc) is 2.16. The number of aromatic hydroxyl groups is 1. The molecule has 1 unspecified atom stereocenters. The molecular formula is C12H19NO. The van der Waals surface area contributed by atoms with Crippen LogP contribution in [0.15, 0.2) is 18.2 Å². The quantitative estimate of drug-likeness (QED) is 0.775. The minimum Gasteiger partial charge on any atom is -0.507 e. The lowest BCUT2D eigenvalue weighted by molar-refractivity contribution is 0.453. The van der Waals surface area contributed by atoms with Crippen LogP contribution in [0.4, 0.5) is 0 Å². The second kappa shape index (κ2) is 4.47. The van der Waals surface area contributed by atoms with E-state index in [4.69, 9.17) is 5.73 Å². The predicted octanol–water partition coefficient (Wildman–Crippen LogP) is 2.58. The molecule has 0 aliphatic heterocycles. The van der Waals surface area contributed by atoms with E-state index < -0.39 is 0 Å². The summed E-state index contributed by atoms with van der Waals surface area (Å²) in [5.74, 6) is 0.981. The minimum atomic E-state index is 0.216. The van der Waals surface area contributed by atoms with Crippen molar-refractivity contribution < 1.29 is 5.11 Å². The van der Waals surface area contributed by atoms with Gasteiger partial charge in [0, 0.05) is 0 Å². The SMILES string of the molecule is CC(C)c1cccc(C(C)CN)c1O. The van der Waals surface area contributed by atoms with Gasteiger partial charge in [0.2, 0.25) is 0 Å². The normalized spacial score (nSPS) is 13.2. The fourth-order valence-corrected chi connectivity index (χ4v) is 1.57. The van der Waals surface area contributed by atoms with Gasteiger partial charge in [-0.3, -0.25) is 0 Å². The Hall–Kier alpha value is -1.02. The molecule has 1 aromatic carbocycles. The van der Waals surface area contributed by atoms with Crippen LogP contribution in [0.25, 0.3) is 0 Å². The van der Waals surface area contributed by atoms with Crippen molar-refractivity contribution in [2.75, 3.05) is 6.54 Å². The maximum Gasteiger partial charge on any atom is 0.122 e. The molecule has 2 heteroatoms. The molecule has 0 aliphatic rings. The van der Waals surface area contributed by atoms with Crippen molar-refractivity contribution in [1.82, 2.24) is 0 Å². The van der Waals surface area contributed by atoms with E-state index in [0.717, 1.165) is 11.1 Å². The van der Waals surface area contributed by atoms with Crippen LogP contribution in [0.2, 0.25) is 0 Å². The first-order valence-corrected chi connectivity index (χ1v) is 5.09. The number of hydrogen-bond acceptors (Lipinski definition) is 2. The van der Waals surface area contributed by atoms with Crippen molar-refractivity contribution in [2.45, 2.75) is 32.6 Å². The molecule has 1 aromatic rings. The van der Waals surface area contributed by atoms with E-state index >= 15 is 0 Å². The first-order chi connectivity index (χ1) is 6.57. The standard InChI is InChI=1S/C12H19NO/c1-8(2)10-5-4-6-11(12(10)14)9(3)7-13/h4-6,8-9,14H,7,13H2,1-3H3. The Morgan fingerprint density at radius 3 is 2.29 bits per heavy atom. The van der Waals surface area contributed by atoms with Gasteiger partial charge in [0.1, 0.15) is 5.75 Å². The van der Waals surface area contributed by atoms with E-state index in [2.05, 4.69) is 13.8 Å². The van der Waals surface area contributed by atoms with Gasteiger partial charge in [0.05, 0.1) is 0 Å². The molecule has 14 heavy (non-hydrogen) atoms. The summed E-state index contributed by atoms with van der Waals surface area (Å²) in [7, 11) is 0. The minimum absolute atomic E-state index is 0.216. The van der Waals surface area contributed by atoms with Gasteiger partial charge in [-0.05, 0) is 29.5 Å². The topological polar surface area (TPSA) is 46.2 Å². The number of phenols is 1. The largest absolute Gasteiger partial charge is 0.507 e. The number of para-hydroxylation sites is 1. The van der Waals surface area contributed by atoms with Crippen LogP contribution >= 0.6 is 0 Å². The number of rotatable bonds is 3. The third kappa shape index (κ3) is 2.07. The Bertz CT molecular complexity index is 307. The lowest BCUT2D eigenvalue weighted by Crippen LogP contribution is -2.09. The molecule has 0 saturated carbocycles. The zero-order valence-electron chi connectivity index (χ0n) is 9.12. The molecule has 1 atom stereocenters. The highest BCUT2D eigenvalue weighted by atomic mass is 16.3. The zero-order chi connectivity index (χ0) is 10.7. The van der Waals surface area contributed by atoms with Crippen molar-refractivity contribution in [1.29, 1.82) is 0 Å². The summed E-state index contributed by atoms with van der Waals surface area (Å²) >= 11 is 0. The van der Waals surface area contributed by atoms with Crippen LogP contribution in [0, 0.1) is 0 Å². The van der Waals surface area contributed by atoms with Gasteiger partial charge in [-0.15, -0.1) is 0 Å². The summed E-state index contributed by atoms with van der Waals surface area (Å²) in [4.78, 5) is 0. The maximum atomic E-state index is 10.0. The van der Waals surface area contributed by atoms with Gasteiger partial charge in [-0.25, -0.2) is 0 Å². The molecule has 0 amide bonds. The van der Waals surface area contributed by atoms with Crippen LogP contribution < -0.4 is 5.73 Å². The summed E-state index contributed by atoms with van der Waals surface area (Å²) in [6, 6.07) is 5.89. The third-order valence-electron chi connectivity index (χ3n) is 2.60. The van der Waals surface area contributed by atoms with Gasteiger partial charge < -0.3 is 10.8 Å². The lowest BCUT2D eigenvalue weighted by atomic mass is 9.93. The van der Waals surface area contributed by atoms with Gasteiger partial charge in [-0.1, -0.05) is 39.0 Å². The van der Waals surface area contributed by atoms with Crippen LogP contribution in [-0.4, -0.2) is 11.7 Å². The summed E-state index contributed by atoms with van der Waals surface area (Å²) in [6.07, 6.45) is 0. The Kier molecular flexibility index (Phi) is 3.53.